The molecule has 1 heterocycles. The summed E-state index contributed by atoms with van der Waals surface area (Å²) in [5.41, 5.74) is 9.42. The summed E-state index contributed by atoms with van der Waals surface area (Å²) in [7, 11) is 0. The smallest absolute Gasteiger partial charge is 0.0547 e. The Morgan fingerprint density at radius 1 is 1.19 bits per heavy atom. The van der Waals surface area contributed by atoms with Crippen molar-refractivity contribution < 1.29 is 0 Å². The molecule has 1 atom stereocenters. The average molecular weight is 348 g/mol. The Morgan fingerprint density at radius 2 is 1.95 bits per heavy atom. The van der Waals surface area contributed by atoms with E-state index in [9.17, 15) is 0 Å². The lowest BCUT2D eigenvalue weighted by Crippen LogP contribution is -2.33. The first kappa shape index (κ1) is 16.1. The normalized spacial score (nSPS) is 12.6. The number of nitrogens with two attached hydrogens (primary N) is 1. The Bertz CT molecular complexity index is 586. The monoisotopic (exact) mass is 347 g/mol. The number of aryl methyl sites for hydroxylation is 1. The summed E-state index contributed by atoms with van der Waals surface area (Å²) in [5, 5.41) is 0. The summed E-state index contributed by atoms with van der Waals surface area (Å²) in [6.45, 7) is 6.51. The predicted molar refractivity (Wildman–Crippen MR) is 91.0 cm³/mol. The molecule has 1 aromatic heterocycles. The second-order valence-corrected chi connectivity index (χ2v) is 5.96. The van der Waals surface area contributed by atoms with Crippen molar-refractivity contribution in [3.8, 4) is 0 Å². The molecule has 0 fully saturated rings. The molecule has 1 aromatic carbocycles. The van der Waals surface area contributed by atoms with Crippen LogP contribution in [0.15, 0.2) is 46.9 Å². The second-order valence-electron chi connectivity index (χ2n) is 5.11. The second kappa shape index (κ2) is 7.69. The summed E-state index contributed by atoms with van der Waals surface area (Å²) >= 11 is 3.63. The van der Waals surface area contributed by atoms with Gasteiger partial charge in [0.25, 0.3) is 0 Å². The maximum atomic E-state index is 6.05. The SMILES string of the molecule is CCN(Cc1cccc(C)n1)C(CN)c1ccccc1Br. The Labute approximate surface area is 135 Å². The highest BCUT2D eigenvalue weighted by atomic mass is 79.9. The summed E-state index contributed by atoms with van der Waals surface area (Å²) in [6, 6.07) is 14.6. The van der Waals surface area contributed by atoms with E-state index in [4.69, 9.17) is 5.73 Å². The van der Waals surface area contributed by atoms with E-state index in [-0.39, 0.29) is 6.04 Å². The van der Waals surface area contributed by atoms with Gasteiger partial charge in [-0.2, -0.15) is 0 Å². The number of nitrogens with zero attached hydrogens (tertiary/aromatic N) is 2. The summed E-state index contributed by atoms with van der Waals surface area (Å²) in [5.74, 6) is 0. The average Bonchev–Trinajstić information content (AvgIpc) is 2.48. The number of rotatable bonds is 6. The molecule has 0 aliphatic carbocycles. The van der Waals surface area contributed by atoms with Crippen LogP contribution in [0.1, 0.15) is 29.9 Å². The van der Waals surface area contributed by atoms with Gasteiger partial charge in [0.2, 0.25) is 0 Å². The van der Waals surface area contributed by atoms with Crippen molar-refractivity contribution in [3.63, 3.8) is 0 Å². The molecule has 4 heteroatoms. The number of hydrogen-bond donors (Lipinski definition) is 1. The molecule has 3 nitrogen and oxygen atoms in total. The van der Waals surface area contributed by atoms with Gasteiger partial charge < -0.3 is 5.73 Å². The Kier molecular flexibility index (Phi) is 5.91. The van der Waals surface area contributed by atoms with E-state index in [1.165, 1.54) is 5.56 Å². The van der Waals surface area contributed by atoms with E-state index in [0.717, 1.165) is 29.0 Å². The number of hydrogen-bond acceptors (Lipinski definition) is 3. The van der Waals surface area contributed by atoms with Crippen molar-refractivity contribution in [3.05, 3.63) is 63.9 Å². The molecule has 0 saturated heterocycles. The molecule has 112 valence electrons. The largest absolute Gasteiger partial charge is 0.329 e. The molecule has 2 rings (SSSR count). The number of halogens is 1. The van der Waals surface area contributed by atoms with E-state index in [2.05, 4.69) is 63.1 Å². The van der Waals surface area contributed by atoms with E-state index in [1.54, 1.807) is 0 Å². The quantitative estimate of drug-likeness (QED) is 0.866. The van der Waals surface area contributed by atoms with Crippen molar-refractivity contribution in [1.29, 1.82) is 0 Å². The standard InChI is InChI=1S/C17H22BrN3/c1-3-21(12-14-8-6-7-13(2)20-14)17(11-19)15-9-4-5-10-16(15)18/h4-10,17H,3,11-12,19H2,1-2H3. The predicted octanol–water partition coefficient (Wildman–Crippen LogP) is 3.67. The topological polar surface area (TPSA) is 42.2 Å². The summed E-state index contributed by atoms with van der Waals surface area (Å²) in [6.07, 6.45) is 0. The minimum atomic E-state index is 0.188. The lowest BCUT2D eigenvalue weighted by molar-refractivity contribution is 0.200. The van der Waals surface area contributed by atoms with Gasteiger partial charge in [-0.1, -0.05) is 47.1 Å². The van der Waals surface area contributed by atoms with Crippen molar-refractivity contribution in [2.45, 2.75) is 26.4 Å². The van der Waals surface area contributed by atoms with Gasteiger partial charge in [0, 0.05) is 29.3 Å². The first-order valence-corrected chi connectivity index (χ1v) is 8.06. The molecule has 0 spiro atoms. The van der Waals surface area contributed by atoms with Crippen molar-refractivity contribution in [2.24, 2.45) is 5.73 Å². The molecule has 21 heavy (non-hydrogen) atoms. The highest BCUT2D eigenvalue weighted by Crippen LogP contribution is 2.28. The van der Waals surface area contributed by atoms with Gasteiger partial charge in [0.15, 0.2) is 0 Å². The van der Waals surface area contributed by atoms with Gasteiger partial charge in [-0.3, -0.25) is 9.88 Å². The lowest BCUT2D eigenvalue weighted by Gasteiger charge is -2.30. The third kappa shape index (κ3) is 4.13. The molecule has 0 bridgehead atoms. The van der Waals surface area contributed by atoms with Crippen LogP contribution in [0.3, 0.4) is 0 Å². The van der Waals surface area contributed by atoms with Gasteiger partial charge in [-0.25, -0.2) is 0 Å². The number of pyridine rings is 1. The van der Waals surface area contributed by atoms with E-state index in [1.807, 2.05) is 19.1 Å². The van der Waals surface area contributed by atoms with Crippen LogP contribution < -0.4 is 5.73 Å². The zero-order chi connectivity index (χ0) is 15.2. The van der Waals surface area contributed by atoms with Crippen LogP contribution in [-0.4, -0.2) is 23.0 Å². The fourth-order valence-corrected chi connectivity index (χ4v) is 3.11. The first-order valence-electron chi connectivity index (χ1n) is 7.26. The van der Waals surface area contributed by atoms with E-state index < -0.39 is 0 Å². The highest BCUT2D eigenvalue weighted by Gasteiger charge is 2.20. The zero-order valence-electron chi connectivity index (χ0n) is 12.6. The molecular formula is C17H22BrN3. The highest BCUT2D eigenvalue weighted by molar-refractivity contribution is 9.10. The maximum absolute atomic E-state index is 6.05. The van der Waals surface area contributed by atoms with Crippen molar-refractivity contribution in [2.75, 3.05) is 13.1 Å². The molecule has 0 radical (unpaired) electrons. The molecule has 0 saturated carbocycles. The molecule has 0 amide bonds. The van der Waals surface area contributed by atoms with Crippen molar-refractivity contribution in [1.82, 2.24) is 9.88 Å². The lowest BCUT2D eigenvalue weighted by atomic mass is 10.0. The Morgan fingerprint density at radius 3 is 2.57 bits per heavy atom. The summed E-state index contributed by atoms with van der Waals surface area (Å²) < 4.78 is 1.11. The van der Waals surface area contributed by atoms with Gasteiger partial charge >= 0.3 is 0 Å². The van der Waals surface area contributed by atoms with Gasteiger partial charge in [0.1, 0.15) is 0 Å². The maximum Gasteiger partial charge on any atom is 0.0547 e. The van der Waals surface area contributed by atoms with Gasteiger partial charge in [-0.05, 0) is 37.2 Å². The van der Waals surface area contributed by atoms with Crippen LogP contribution in [0.5, 0.6) is 0 Å². The molecule has 2 aromatic rings. The molecular weight excluding hydrogens is 326 g/mol. The molecule has 2 N–H and O–H groups in total. The zero-order valence-corrected chi connectivity index (χ0v) is 14.2. The van der Waals surface area contributed by atoms with Crippen LogP contribution in [0.2, 0.25) is 0 Å². The van der Waals surface area contributed by atoms with E-state index >= 15 is 0 Å². The fourth-order valence-electron chi connectivity index (χ4n) is 2.56. The third-order valence-electron chi connectivity index (χ3n) is 3.65. The van der Waals surface area contributed by atoms with Crippen LogP contribution in [0.4, 0.5) is 0 Å². The molecule has 0 aliphatic heterocycles. The third-order valence-corrected chi connectivity index (χ3v) is 4.37. The van der Waals surface area contributed by atoms with Crippen LogP contribution >= 0.6 is 15.9 Å². The number of aromatic nitrogens is 1. The van der Waals surface area contributed by atoms with Gasteiger partial charge in [-0.15, -0.1) is 0 Å². The molecule has 1 unspecified atom stereocenters. The number of benzene rings is 1. The Hall–Kier alpha value is -1.23. The van der Waals surface area contributed by atoms with Gasteiger partial charge in [0.05, 0.1) is 5.69 Å². The molecule has 0 aliphatic rings. The van der Waals surface area contributed by atoms with Crippen LogP contribution in [0, 0.1) is 6.92 Å². The first-order chi connectivity index (χ1) is 10.2. The van der Waals surface area contributed by atoms with E-state index in [0.29, 0.717) is 6.54 Å². The van der Waals surface area contributed by atoms with Crippen molar-refractivity contribution >= 4 is 15.9 Å². The minimum Gasteiger partial charge on any atom is -0.329 e. The minimum absolute atomic E-state index is 0.188. The van der Waals surface area contributed by atoms with Crippen LogP contribution in [0.25, 0.3) is 0 Å². The fraction of sp³-hybridized carbons (Fsp3) is 0.353. The number of likely N-dealkylation sites (N-methyl/N-ethyl adjacent to an activating group) is 1. The summed E-state index contributed by atoms with van der Waals surface area (Å²) in [4.78, 5) is 6.96. The van der Waals surface area contributed by atoms with Crippen LogP contribution in [-0.2, 0) is 6.54 Å². The Balaban J connectivity index is 2.24.